The molecule has 0 amide bonds. The van der Waals surface area contributed by atoms with E-state index in [1.165, 1.54) is 0 Å². The lowest BCUT2D eigenvalue weighted by Crippen LogP contribution is -2.06. The van der Waals surface area contributed by atoms with Crippen molar-refractivity contribution in [3.8, 4) is 5.75 Å². The Morgan fingerprint density at radius 3 is 2.83 bits per heavy atom. The van der Waals surface area contributed by atoms with E-state index >= 15 is 0 Å². The van der Waals surface area contributed by atoms with Crippen LogP contribution in [0.2, 0.25) is 0 Å². The zero-order valence-corrected chi connectivity index (χ0v) is 7.46. The highest BCUT2D eigenvalue weighted by molar-refractivity contribution is 7.80. The van der Waals surface area contributed by atoms with Crippen molar-refractivity contribution in [3.05, 3.63) is 36.4 Å². The van der Waals surface area contributed by atoms with Crippen molar-refractivity contribution < 1.29 is 5.11 Å². The molecule has 0 saturated heterocycles. The van der Waals surface area contributed by atoms with Crippen LogP contribution < -0.4 is 5.73 Å². The molecular formula is C9H11NOS. The fourth-order valence-corrected chi connectivity index (χ4v) is 1.15. The van der Waals surface area contributed by atoms with E-state index in [0.717, 1.165) is 4.90 Å². The number of hydrogen-bond acceptors (Lipinski definition) is 3. The van der Waals surface area contributed by atoms with E-state index in [9.17, 15) is 5.11 Å². The fourth-order valence-electron chi connectivity index (χ4n) is 0.936. The van der Waals surface area contributed by atoms with E-state index in [0.29, 0.717) is 5.56 Å². The number of thiol groups is 1. The van der Waals surface area contributed by atoms with Crippen LogP contribution in [0.25, 0.3) is 0 Å². The second-order valence-corrected chi connectivity index (χ2v) is 3.02. The molecule has 0 aliphatic rings. The lowest BCUT2D eigenvalue weighted by atomic mass is 10.1. The number of benzene rings is 1. The Morgan fingerprint density at radius 1 is 1.58 bits per heavy atom. The summed E-state index contributed by atoms with van der Waals surface area (Å²) in [7, 11) is 0. The molecule has 0 spiro atoms. The summed E-state index contributed by atoms with van der Waals surface area (Å²) in [6, 6.07) is 4.67. The zero-order valence-electron chi connectivity index (χ0n) is 6.57. The van der Waals surface area contributed by atoms with Crippen molar-refractivity contribution in [1.82, 2.24) is 0 Å². The summed E-state index contributed by atoms with van der Waals surface area (Å²) in [4.78, 5) is 0.778. The minimum atomic E-state index is -0.336. The fraction of sp³-hybridized carbons (Fsp3) is 0.111. The highest BCUT2D eigenvalue weighted by Crippen LogP contribution is 2.25. The van der Waals surface area contributed by atoms with Gasteiger partial charge in [0.15, 0.2) is 0 Å². The van der Waals surface area contributed by atoms with Crippen LogP contribution in [0.3, 0.4) is 0 Å². The molecule has 0 aliphatic heterocycles. The predicted octanol–water partition coefficient (Wildman–Crippen LogP) is 1.87. The Morgan fingerprint density at radius 2 is 2.25 bits per heavy atom. The molecule has 3 N–H and O–H groups in total. The number of aromatic hydroxyl groups is 1. The number of phenols is 1. The molecule has 1 aromatic carbocycles. The third kappa shape index (κ3) is 1.81. The van der Waals surface area contributed by atoms with Crippen molar-refractivity contribution in [2.75, 3.05) is 0 Å². The van der Waals surface area contributed by atoms with Crippen molar-refractivity contribution in [2.45, 2.75) is 10.9 Å². The van der Waals surface area contributed by atoms with Crippen LogP contribution in [0.1, 0.15) is 11.6 Å². The normalized spacial score (nSPS) is 12.5. The average Bonchev–Trinajstić information content (AvgIpc) is 2.08. The molecule has 1 atom stereocenters. The molecule has 0 bridgehead atoms. The van der Waals surface area contributed by atoms with E-state index in [1.807, 2.05) is 0 Å². The summed E-state index contributed by atoms with van der Waals surface area (Å²) in [5.74, 6) is 0.181. The first-order valence-electron chi connectivity index (χ1n) is 3.55. The lowest BCUT2D eigenvalue weighted by Gasteiger charge is -2.08. The molecule has 3 heteroatoms. The van der Waals surface area contributed by atoms with Gasteiger partial charge >= 0.3 is 0 Å². The summed E-state index contributed by atoms with van der Waals surface area (Å²) >= 11 is 4.13. The Bertz CT molecular complexity index is 299. The number of nitrogens with two attached hydrogens (primary N) is 1. The lowest BCUT2D eigenvalue weighted by molar-refractivity contribution is 0.465. The van der Waals surface area contributed by atoms with Crippen LogP contribution >= 0.6 is 12.6 Å². The summed E-state index contributed by atoms with van der Waals surface area (Å²) < 4.78 is 0. The van der Waals surface area contributed by atoms with Gasteiger partial charge in [0.25, 0.3) is 0 Å². The van der Waals surface area contributed by atoms with Gasteiger partial charge in [0, 0.05) is 10.5 Å². The van der Waals surface area contributed by atoms with Crippen LogP contribution in [-0.2, 0) is 0 Å². The molecule has 0 aromatic heterocycles. The smallest absolute Gasteiger partial charge is 0.120 e. The summed E-state index contributed by atoms with van der Waals surface area (Å²) in [5.41, 5.74) is 6.30. The van der Waals surface area contributed by atoms with E-state index < -0.39 is 0 Å². The standard InChI is InChI=1S/C9H11NOS/c1-2-8(10)7-5-6(12)3-4-9(7)11/h2-5,8,11-12H,1,10H2/t8-/m1/s1. The second kappa shape index (κ2) is 3.65. The number of hydrogen-bond donors (Lipinski definition) is 3. The first-order chi connectivity index (χ1) is 5.65. The van der Waals surface area contributed by atoms with Gasteiger partial charge in [-0.3, -0.25) is 0 Å². The molecule has 12 heavy (non-hydrogen) atoms. The van der Waals surface area contributed by atoms with Gasteiger partial charge in [-0.1, -0.05) is 6.08 Å². The SMILES string of the molecule is C=C[C@@H](N)c1cc(S)ccc1O. The molecule has 0 radical (unpaired) electrons. The molecule has 64 valence electrons. The van der Waals surface area contributed by atoms with Crippen LogP contribution in [0, 0.1) is 0 Å². The van der Waals surface area contributed by atoms with Crippen LogP contribution in [0.5, 0.6) is 5.75 Å². The predicted molar refractivity (Wildman–Crippen MR) is 52.5 cm³/mol. The molecule has 1 rings (SSSR count). The van der Waals surface area contributed by atoms with Crippen LogP contribution in [0.15, 0.2) is 35.7 Å². The number of phenolic OH excluding ortho intramolecular Hbond substituents is 1. The van der Waals surface area contributed by atoms with Gasteiger partial charge in [0.05, 0.1) is 6.04 Å². The van der Waals surface area contributed by atoms with Crippen molar-refractivity contribution in [2.24, 2.45) is 5.73 Å². The van der Waals surface area contributed by atoms with E-state index in [1.54, 1.807) is 24.3 Å². The summed E-state index contributed by atoms with van der Waals surface area (Å²) in [6.45, 7) is 3.55. The second-order valence-electron chi connectivity index (χ2n) is 2.50. The average molecular weight is 181 g/mol. The summed E-state index contributed by atoms with van der Waals surface area (Å²) in [6.07, 6.45) is 1.57. The van der Waals surface area contributed by atoms with E-state index in [-0.39, 0.29) is 11.8 Å². The van der Waals surface area contributed by atoms with Gasteiger partial charge in [0.1, 0.15) is 5.75 Å². The van der Waals surface area contributed by atoms with Crippen molar-refractivity contribution in [1.29, 1.82) is 0 Å². The topological polar surface area (TPSA) is 46.2 Å². The highest BCUT2D eigenvalue weighted by Gasteiger charge is 2.06. The maximum absolute atomic E-state index is 9.37. The Kier molecular flexibility index (Phi) is 2.78. The monoisotopic (exact) mass is 181 g/mol. The molecule has 0 saturated carbocycles. The van der Waals surface area contributed by atoms with Crippen molar-refractivity contribution in [3.63, 3.8) is 0 Å². The molecule has 1 aromatic rings. The highest BCUT2D eigenvalue weighted by atomic mass is 32.1. The minimum Gasteiger partial charge on any atom is -0.508 e. The van der Waals surface area contributed by atoms with Crippen LogP contribution in [0.4, 0.5) is 0 Å². The maximum Gasteiger partial charge on any atom is 0.120 e. The minimum absolute atomic E-state index is 0.181. The summed E-state index contributed by atoms with van der Waals surface area (Å²) in [5, 5.41) is 9.37. The van der Waals surface area contributed by atoms with E-state index in [4.69, 9.17) is 5.73 Å². The third-order valence-corrected chi connectivity index (χ3v) is 1.90. The Hall–Kier alpha value is -0.930. The molecular weight excluding hydrogens is 170 g/mol. The Labute approximate surface area is 77.1 Å². The first-order valence-corrected chi connectivity index (χ1v) is 4.00. The van der Waals surface area contributed by atoms with Gasteiger partial charge in [-0.15, -0.1) is 19.2 Å². The molecule has 0 aliphatic carbocycles. The first kappa shape index (κ1) is 9.16. The largest absolute Gasteiger partial charge is 0.508 e. The van der Waals surface area contributed by atoms with Gasteiger partial charge in [-0.2, -0.15) is 0 Å². The quantitative estimate of drug-likeness (QED) is 0.482. The zero-order chi connectivity index (χ0) is 9.14. The van der Waals surface area contributed by atoms with Gasteiger partial charge in [-0.25, -0.2) is 0 Å². The Balaban J connectivity index is 3.12. The van der Waals surface area contributed by atoms with E-state index in [2.05, 4.69) is 19.2 Å². The van der Waals surface area contributed by atoms with Gasteiger partial charge in [0.2, 0.25) is 0 Å². The molecule has 0 heterocycles. The molecule has 0 fully saturated rings. The molecule has 0 unspecified atom stereocenters. The molecule has 2 nitrogen and oxygen atoms in total. The van der Waals surface area contributed by atoms with Crippen LogP contribution in [-0.4, -0.2) is 5.11 Å². The maximum atomic E-state index is 9.37. The number of rotatable bonds is 2. The third-order valence-electron chi connectivity index (χ3n) is 1.62. The van der Waals surface area contributed by atoms with Crippen molar-refractivity contribution >= 4 is 12.6 Å². The van der Waals surface area contributed by atoms with Gasteiger partial charge < -0.3 is 10.8 Å². The van der Waals surface area contributed by atoms with Gasteiger partial charge in [-0.05, 0) is 18.2 Å².